The zero-order valence-corrected chi connectivity index (χ0v) is 14.3. The molecular weight excluding hydrogens is 312 g/mol. The quantitative estimate of drug-likeness (QED) is 0.736. The van der Waals surface area contributed by atoms with Gasteiger partial charge in [-0.15, -0.1) is 0 Å². The van der Waals surface area contributed by atoms with Crippen LogP contribution in [0.1, 0.15) is 37.2 Å². The van der Waals surface area contributed by atoms with Crippen LogP contribution in [-0.2, 0) is 11.8 Å². The highest BCUT2D eigenvalue weighted by Crippen LogP contribution is 2.44. The van der Waals surface area contributed by atoms with Crippen molar-refractivity contribution in [1.29, 1.82) is 0 Å². The second-order valence-corrected chi connectivity index (χ2v) is 7.06. The lowest BCUT2D eigenvalue weighted by Crippen LogP contribution is -2.23. The third-order valence-corrected chi connectivity index (χ3v) is 5.31. The van der Waals surface area contributed by atoms with Gasteiger partial charge in [-0.3, -0.25) is 9.48 Å². The predicted molar refractivity (Wildman–Crippen MR) is 97.5 cm³/mol. The number of aryl methyl sites for hydroxylation is 1. The summed E-state index contributed by atoms with van der Waals surface area (Å²) in [6.45, 7) is 0.823. The second-order valence-electron chi connectivity index (χ2n) is 7.06. The van der Waals surface area contributed by atoms with Gasteiger partial charge in [0.05, 0.1) is 16.9 Å². The van der Waals surface area contributed by atoms with Crippen LogP contribution in [0.3, 0.4) is 0 Å². The van der Waals surface area contributed by atoms with Gasteiger partial charge in [0.25, 0.3) is 0 Å². The Morgan fingerprint density at radius 1 is 1.16 bits per heavy atom. The number of nitrogens with zero attached hydrogens (tertiary/aromatic N) is 4. The van der Waals surface area contributed by atoms with Crippen molar-refractivity contribution in [3.8, 4) is 11.4 Å². The smallest absolute Gasteiger partial charge is 0.227 e. The maximum absolute atomic E-state index is 12.1. The first-order valence-electron chi connectivity index (χ1n) is 8.94. The number of benzene rings is 1. The number of carbonyl (C=O) groups is 1. The Hall–Kier alpha value is -2.69. The van der Waals surface area contributed by atoms with E-state index in [1.807, 2.05) is 28.8 Å². The Bertz CT molecular complexity index is 987. The molecule has 1 aliphatic heterocycles. The first kappa shape index (κ1) is 14.6. The van der Waals surface area contributed by atoms with Crippen LogP contribution in [0.2, 0.25) is 0 Å². The average molecular weight is 332 g/mol. The van der Waals surface area contributed by atoms with Crippen molar-refractivity contribution < 1.29 is 4.79 Å². The Kier molecular flexibility index (Phi) is 3.17. The zero-order chi connectivity index (χ0) is 17.0. The van der Waals surface area contributed by atoms with Crippen LogP contribution in [0, 0.1) is 0 Å². The molecule has 1 saturated carbocycles. The molecule has 0 unspecified atom stereocenters. The van der Waals surface area contributed by atoms with Crippen LogP contribution >= 0.6 is 0 Å². The van der Waals surface area contributed by atoms with Gasteiger partial charge in [-0.25, -0.2) is 4.98 Å². The zero-order valence-electron chi connectivity index (χ0n) is 14.3. The minimum atomic E-state index is 0.229. The molecule has 126 valence electrons. The van der Waals surface area contributed by atoms with E-state index in [1.165, 1.54) is 23.8 Å². The van der Waals surface area contributed by atoms with E-state index in [0.29, 0.717) is 12.3 Å². The summed E-state index contributed by atoms with van der Waals surface area (Å²) in [5, 5.41) is 5.46. The van der Waals surface area contributed by atoms with Crippen LogP contribution in [0.5, 0.6) is 0 Å². The monoisotopic (exact) mass is 332 g/mol. The topological polar surface area (TPSA) is 51.0 Å². The summed E-state index contributed by atoms with van der Waals surface area (Å²) in [7, 11) is 1.94. The number of hydrogen-bond acceptors (Lipinski definition) is 3. The summed E-state index contributed by atoms with van der Waals surface area (Å²) in [5.41, 5.74) is 5.36. The van der Waals surface area contributed by atoms with E-state index in [9.17, 15) is 4.79 Å². The Balaban J connectivity index is 1.68. The van der Waals surface area contributed by atoms with E-state index in [2.05, 4.69) is 23.3 Å². The van der Waals surface area contributed by atoms with Gasteiger partial charge in [-0.1, -0.05) is 0 Å². The summed E-state index contributed by atoms with van der Waals surface area (Å²) in [4.78, 5) is 18.9. The minimum absolute atomic E-state index is 0.229. The molecule has 25 heavy (non-hydrogen) atoms. The molecule has 1 amide bonds. The molecule has 3 heterocycles. The summed E-state index contributed by atoms with van der Waals surface area (Å²) in [5.74, 6) is 0.841. The lowest BCUT2D eigenvalue weighted by molar-refractivity contribution is -0.117. The number of anilines is 1. The molecule has 3 aromatic rings. The fraction of sp³-hybridized carbons (Fsp3) is 0.350. The molecule has 1 aromatic carbocycles. The molecule has 2 aromatic heterocycles. The highest BCUT2D eigenvalue weighted by molar-refractivity contribution is 5.98. The van der Waals surface area contributed by atoms with E-state index in [-0.39, 0.29) is 5.91 Å². The summed E-state index contributed by atoms with van der Waals surface area (Å²) >= 11 is 0. The van der Waals surface area contributed by atoms with Gasteiger partial charge in [0.2, 0.25) is 5.91 Å². The van der Waals surface area contributed by atoms with E-state index in [4.69, 9.17) is 4.98 Å². The van der Waals surface area contributed by atoms with E-state index in [0.717, 1.165) is 35.6 Å². The standard InChI is InChI=1S/C20H20N4O/c1-23-19(8-9-21-23)18-12-15(13-4-5-13)16-11-14(6-7-17(16)22-18)24-10-2-3-20(24)25/h6-9,11-13H,2-5,10H2,1H3. The van der Waals surface area contributed by atoms with E-state index < -0.39 is 0 Å². The van der Waals surface area contributed by atoms with Crippen LogP contribution in [-0.4, -0.2) is 27.2 Å². The Morgan fingerprint density at radius 3 is 2.72 bits per heavy atom. The third-order valence-electron chi connectivity index (χ3n) is 5.31. The first-order chi connectivity index (χ1) is 12.2. The van der Waals surface area contributed by atoms with Gasteiger partial charge in [0.15, 0.2) is 0 Å². The van der Waals surface area contributed by atoms with Crippen molar-refractivity contribution in [2.75, 3.05) is 11.4 Å². The number of pyridine rings is 1. The molecule has 0 atom stereocenters. The fourth-order valence-electron chi connectivity index (χ4n) is 3.82. The van der Waals surface area contributed by atoms with Gasteiger partial charge >= 0.3 is 0 Å². The molecule has 5 rings (SSSR count). The highest BCUT2D eigenvalue weighted by atomic mass is 16.2. The van der Waals surface area contributed by atoms with E-state index in [1.54, 1.807) is 6.20 Å². The second kappa shape index (κ2) is 5.41. The highest BCUT2D eigenvalue weighted by Gasteiger charge is 2.28. The molecule has 0 bridgehead atoms. The normalized spacial score (nSPS) is 17.6. The number of rotatable bonds is 3. The molecule has 5 nitrogen and oxygen atoms in total. The summed E-state index contributed by atoms with van der Waals surface area (Å²) in [6, 6.07) is 10.5. The molecule has 2 aliphatic rings. The fourth-order valence-corrected chi connectivity index (χ4v) is 3.82. The molecule has 0 N–H and O–H groups in total. The maximum Gasteiger partial charge on any atom is 0.227 e. The van der Waals surface area contributed by atoms with Gasteiger partial charge < -0.3 is 4.90 Å². The lowest BCUT2D eigenvalue weighted by atomic mass is 10.0. The van der Waals surface area contributed by atoms with Crippen LogP contribution in [0.15, 0.2) is 36.5 Å². The SMILES string of the molecule is Cn1nccc1-c1cc(C2CC2)c2cc(N3CCCC3=O)ccc2n1. The van der Waals surface area contributed by atoms with Crippen molar-refractivity contribution in [1.82, 2.24) is 14.8 Å². The first-order valence-corrected chi connectivity index (χ1v) is 8.94. The van der Waals surface area contributed by atoms with Gasteiger partial charge in [0, 0.05) is 37.3 Å². The van der Waals surface area contributed by atoms with Crippen molar-refractivity contribution in [2.45, 2.75) is 31.6 Å². The van der Waals surface area contributed by atoms with E-state index >= 15 is 0 Å². The maximum atomic E-state index is 12.1. The van der Waals surface area contributed by atoms with Crippen LogP contribution in [0.4, 0.5) is 5.69 Å². The molecular formula is C20H20N4O. The van der Waals surface area contributed by atoms with Gasteiger partial charge in [-0.05, 0) is 61.1 Å². The largest absolute Gasteiger partial charge is 0.312 e. The molecule has 5 heteroatoms. The van der Waals surface area contributed by atoms with Crippen LogP contribution in [0.25, 0.3) is 22.3 Å². The third kappa shape index (κ3) is 2.42. The summed E-state index contributed by atoms with van der Waals surface area (Å²) < 4.78 is 1.86. The minimum Gasteiger partial charge on any atom is -0.312 e. The molecule has 1 saturated heterocycles. The number of hydrogen-bond donors (Lipinski definition) is 0. The van der Waals surface area contributed by atoms with Crippen molar-refractivity contribution in [2.24, 2.45) is 7.05 Å². The van der Waals surface area contributed by atoms with Crippen molar-refractivity contribution in [3.63, 3.8) is 0 Å². The predicted octanol–water partition coefficient (Wildman–Crippen LogP) is 3.64. The number of carbonyl (C=O) groups excluding carboxylic acids is 1. The molecule has 0 spiro atoms. The number of fused-ring (bicyclic) bond motifs is 1. The Morgan fingerprint density at radius 2 is 2.04 bits per heavy atom. The molecule has 0 radical (unpaired) electrons. The Labute approximate surface area is 146 Å². The van der Waals surface area contributed by atoms with Crippen molar-refractivity contribution in [3.05, 3.63) is 42.1 Å². The number of aromatic nitrogens is 3. The van der Waals surface area contributed by atoms with Gasteiger partial charge in [0.1, 0.15) is 0 Å². The molecule has 2 fully saturated rings. The van der Waals surface area contributed by atoms with Crippen LogP contribution < -0.4 is 4.90 Å². The molecule has 1 aliphatic carbocycles. The average Bonchev–Trinajstić information content (AvgIpc) is 3.24. The summed E-state index contributed by atoms with van der Waals surface area (Å²) in [6.07, 6.45) is 5.88. The number of amides is 1. The lowest BCUT2D eigenvalue weighted by Gasteiger charge is -2.17. The van der Waals surface area contributed by atoms with Crippen molar-refractivity contribution >= 4 is 22.5 Å². The van der Waals surface area contributed by atoms with Gasteiger partial charge in [-0.2, -0.15) is 5.10 Å².